The summed E-state index contributed by atoms with van der Waals surface area (Å²) in [6.07, 6.45) is 0.429. The molecule has 126 valence electrons. The Labute approximate surface area is 141 Å². The molecule has 0 aliphatic carbocycles. The minimum Gasteiger partial charge on any atom is -0.352 e. The van der Waals surface area contributed by atoms with Gasteiger partial charge in [-0.2, -0.15) is 0 Å². The molecule has 0 aromatic carbocycles. The van der Waals surface area contributed by atoms with Crippen LogP contribution in [0.25, 0.3) is 0 Å². The average Bonchev–Trinajstić information content (AvgIpc) is 3.06. The lowest BCUT2D eigenvalue weighted by Gasteiger charge is -2.02. The Kier molecular flexibility index (Phi) is 5.23. The normalized spacial score (nSPS) is 12.3. The van der Waals surface area contributed by atoms with Crippen LogP contribution >= 0.6 is 22.7 Å². The van der Waals surface area contributed by atoms with E-state index in [0.717, 1.165) is 27.6 Å². The summed E-state index contributed by atoms with van der Waals surface area (Å²) in [5.74, 6) is -0.431. The van der Waals surface area contributed by atoms with Gasteiger partial charge in [0.15, 0.2) is 0 Å². The number of amides is 1. The Morgan fingerprint density at radius 2 is 1.74 bits per heavy atom. The predicted molar refractivity (Wildman–Crippen MR) is 87.4 cm³/mol. The molecule has 0 saturated heterocycles. The summed E-state index contributed by atoms with van der Waals surface area (Å²) >= 11 is 1.91. The fourth-order valence-electron chi connectivity index (χ4n) is 1.63. The summed E-state index contributed by atoms with van der Waals surface area (Å²) in [6, 6.07) is 4.24. The molecular weight excluding hydrogens is 382 g/mol. The predicted octanol–water partition coefficient (Wildman–Crippen LogP) is 0.0769. The van der Waals surface area contributed by atoms with Crippen LogP contribution in [0.2, 0.25) is 0 Å². The lowest BCUT2D eigenvalue weighted by molar-refractivity contribution is 0.0954. The van der Waals surface area contributed by atoms with Gasteiger partial charge in [-0.15, -0.1) is 22.7 Å². The molecule has 12 heteroatoms. The number of rotatable bonds is 6. The van der Waals surface area contributed by atoms with Crippen molar-refractivity contribution in [3.05, 3.63) is 34.0 Å². The third-order valence-electron chi connectivity index (χ3n) is 2.69. The number of thiophene rings is 2. The van der Waals surface area contributed by atoms with E-state index in [1.165, 1.54) is 17.5 Å². The van der Waals surface area contributed by atoms with E-state index in [-0.39, 0.29) is 20.5 Å². The highest BCUT2D eigenvalue weighted by Crippen LogP contribution is 2.21. The summed E-state index contributed by atoms with van der Waals surface area (Å²) < 4.78 is 44.6. The summed E-state index contributed by atoms with van der Waals surface area (Å²) in [5, 5.41) is 14.0. The number of hydrogen-bond acceptors (Lipinski definition) is 7. The van der Waals surface area contributed by atoms with Crippen LogP contribution in [-0.2, 0) is 26.5 Å². The first-order valence-corrected chi connectivity index (χ1v) is 10.9. The Hall–Kier alpha value is -1.31. The van der Waals surface area contributed by atoms with E-state index in [4.69, 9.17) is 10.3 Å². The molecule has 2 aromatic heterocycles. The van der Waals surface area contributed by atoms with Gasteiger partial charge in [0, 0.05) is 16.8 Å². The van der Waals surface area contributed by atoms with Gasteiger partial charge in [-0.05, 0) is 24.6 Å². The second-order valence-corrected chi connectivity index (χ2v) is 10.1. The first-order chi connectivity index (χ1) is 10.6. The molecular formula is C11H13N3O5S4. The third-order valence-corrected chi connectivity index (χ3v) is 7.66. The Morgan fingerprint density at radius 3 is 2.26 bits per heavy atom. The van der Waals surface area contributed by atoms with Crippen LogP contribution < -0.4 is 15.6 Å². The van der Waals surface area contributed by atoms with E-state index in [1.54, 1.807) is 6.07 Å². The smallest absolute Gasteiger partial charge is 0.252 e. The second kappa shape index (κ2) is 6.67. The molecule has 5 N–H and O–H groups in total. The summed E-state index contributed by atoms with van der Waals surface area (Å²) in [7, 11) is -7.53. The zero-order valence-corrected chi connectivity index (χ0v) is 14.8. The van der Waals surface area contributed by atoms with Crippen LogP contribution in [-0.4, -0.2) is 29.3 Å². The monoisotopic (exact) mass is 395 g/mol. The van der Waals surface area contributed by atoms with Gasteiger partial charge in [0.25, 0.3) is 5.91 Å². The molecule has 23 heavy (non-hydrogen) atoms. The van der Waals surface area contributed by atoms with Crippen molar-refractivity contribution in [2.45, 2.75) is 14.8 Å². The molecule has 0 atom stereocenters. The van der Waals surface area contributed by atoms with Crippen LogP contribution in [0.15, 0.2) is 32.0 Å². The lowest BCUT2D eigenvalue weighted by Crippen LogP contribution is -2.25. The first-order valence-electron chi connectivity index (χ1n) is 6.08. The molecule has 0 spiro atoms. The Morgan fingerprint density at radius 1 is 1.09 bits per heavy atom. The molecule has 1 amide bonds. The number of hydrogen-bond donors (Lipinski definition) is 3. The van der Waals surface area contributed by atoms with Gasteiger partial charge < -0.3 is 5.32 Å². The van der Waals surface area contributed by atoms with Crippen molar-refractivity contribution in [3.63, 3.8) is 0 Å². The highest BCUT2D eigenvalue weighted by Gasteiger charge is 2.15. The van der Waals surface area contributed by atoms with Gasteiger partial charge >= 0.3 is 0 Å². The molecule has 0 radical (unpaired) electrons. The maximum atomic E-state index is 11.9. The third kappa shape index (κ3) is 4.83. The maximum absolute atomic E-state index is 11.9. The van der Waals surface area contributed by atoms with Crippen LogP contribution in [0.4, 0.5) is 0 Å². The van der Waals surface area contributed by atoms with E-state index in [9.17, 15) is 21.6 Å². The SMILES string of the molecule is NS(=O)(=O)c1cc(C(=O)NCCc2ccc(S(N)(=O)=O)s2)cs1. The van der Waals surface area contributed by atoms with Gasteiger partial charge in [0.05, 0.1) is 5.56 Å². The van der Waals surface area contributed by atoms with Gasteiger partial charge in [-0.3, -0.25) is 4.79 Å². The molecule has 0 bridgehead atoms. The van der Waals surface area contributed by atoms with Crippen LogP contribution in [0, 0.1) is 0 Å². The zero-order chi connectivity index (χ0) is 17.3. The van der Waals surface area contributed by atoms with Crippen molar-refractivity contribution in [1.82, 2.24) is 5.32 Å². The van der Waals surface area contributed by atoms with E-state index < -0.39 is 26.0 Å². The largest absolute Gasteiger partial charge is 0.352 e. The van der Waals surface area contributed by atoms with Crippen LogP contribution in [0.5, 0.6) is 0 Å². The van der Waals surface area contributed by atoms with Crippen molar-refractivity contribution in [3.8, 4) is 0 Å². The van der Waals surface area contributed by atoms with E-state index in [1.807, 2.05) is 0 Å². The number of carbonyl (C=O) groups is 1. The quantitative estimate of drug-likeness (QED) is 0.633. The summed E-state index contributed by atoms with van der Waals surface area (Å²) in [6.45, 7) is 0.268. The molecule has 0 aliphatic heterocycles. The van der Waals surface area contributed by atoms with E-state index in [0.29, 0.717) is 6.42 Å². The molecule has 0 fully saturated rings. The molecule has 2 heterocycles. The fraction of sp³-hybridized carbons (Fsp3) is 0.182. The van der Waals surface area contributed by atoms with Crippen molar-refractivity contribution in [2.75, 3.05) is 6.54 Å². The highest BCUT2D eigenvalue weighted by atomic mass is 32.3. The fourth-order valence-corrected chi connectivity index (χ4v) is 5.00. The van der Waals surface area contributed by atoms with Crippen molar-refractivity contribution >= 4 is 48.6 Å². The number of sulfonamides is 2. The van der Waals surface area contributed by atoms with Gasteiger partial charge in [0.2, 0.25) is 20.0 Å². The summed E-state index contributed by atoms with van der Waals surface area (Å²) in [4.78, 5) is 12.6. The topological polar surface area (TPSA) is 149 Å². The van der Waals surface area contributed by atoms with Gasteiger partial charge in [-0.1, -0.05) is 0 Å². The number of nitrogens with one attached hydrogen (secondary N) is 1. The molecule has 0 saturated carbocycles. The standard InChI is InChI=1S/C11H13N3O5S4/c12-22(16,17)9-2-1-8(21-9)3-4-14-11(15)7-5-10(20-6-7)23(13,18)19/h1-2,5-6H,3-4H2,(H,14,15)(H2,12,16,17)(H2,13,18,19). The van der Waals surface area contributed by atoms with Gasteiger partial charge in [0.1, 0.15) is 8.42 Å². The molecule has 8 nitrogen and oxygen atoms in total. The van der Waals surface area contributed by atoms with Crippen molar-refractivity contribution < 1.29 is 21.6 Å². The lowest BCUT2D eigenvalue weighted by atomic mass is 10.3. The zero-order valence-electron chi connectivity index (χ0n) is 11.6. The minimum atomic E-state index is -3.82. The minimum absolute atomic E-state index is 0.0643. The number of carbonyl (C=O) groups excluding carboxylic acids is 1. The maximum Gasteiger partial charge on any atom is 0.252 e. The number of nitrogens with two attached hydrogens (primary N) is 2. The highest BCUT2D eigenvalue weighted by molar-refractivity contribution is 7.91. The van der Waals surface area contributed by atoms with Crippen LogP contribution in [0.1, 0.15) is 15.2 Å². The molecule has 0 aliphatic rings. The molecule has 2 aromatic rings. The average molecular weight is 396 g/mol. The van der Waals surface area contributed by atoms with Crippen LogP contribution in [0.3, 0.4) is 0 Å². The second-order valence-electron chi connectivity index (χ2n) is 4.47. The Bertz CT molecular complexity index is 927. The number of primary sulfonamides is 2. The van der Waals surface area contributed by atoms with Gasteiger partial charge in [-0.25, -0.2) is 27.1 Å². The molecule has 2 rings (SSSR count). The summed E-state index contributed by atoms with van der Waals surface area (Å²) in [5.41, 5.74) is 0.204. The van der Waals surface area contributed by atoms with Crippen molar-refractivity contribution in [2.24, 2.45) is 10.3 Å². The Balaban J connectivity index is 1.92. The van der Waals surface area contributed by atoms with E-state index in [2.05, 4.69) is 5.32 Å². The van der Waals surface area contributed by atoms with E-state index >= 15 is 0 Å². The van der Waals surface area contributed by atoms with Crippen molar-refractivity contribution in [1.29, 1.82) is 0 Å². The first kappa shape index (κ1) is 18.0. The molecule has 0 unspecified atom stereocenters.